The van der Waals surface area contributed by atoms with Crippen LogP contribution in [0.2, 0.25) is 0 Å². The molecule has 0 saturated carbocycles. The molecule has 0 spiro atoms. The van der Waals surface area contributed by atoms with E-state index >= 15 is 0 Å². The molecule has 11 heavy (non-hydrogen) atoms. The molecule has 0 aromatic rings. The third-order valence-corrected chi connectivity index (χ3v) is 3.06. The standard InChI is InChI=1S/C10H17N/c1-7(2)8-3-9-5-11-6-10(9)4-8/h3,7,9-11H,4-6H2,1-2H3. The summed E-state index contributed by atoms with van der Waals surface area (Å²) >= 11 is 0. The molecule has 2 aliphatic rings. The Morgan fingerprint density at radius 1 is 1.45 bits per heavy atom. The van der Waals surface area contributed by atoms with Crippen LogP contribution < -0.4 is 5.32 Å². The summed E-state index contributed by atoms with van der Waals surface area (Å²) in [7, 11) is 0. The molecule has 1 saturated heterocycles. The van der Waals surface area contributed by atoms with Crippen LogP contribution in [0.4, 0.5) is 0 Å². The first-order valence-corrected chi connectivity index (χ1v) is 4.68. The molecule has 1 heterocycles. The first kappa shape index (κ1) is 7.35. The minimum absolute atomic E-state index is 0.778. The molecule has 62 valence electrons. The number of fused-ring (bicyclic) bond motifs is 1. The predicted octanol–water partition coefficient (Wildman–Crippen LogP) is 1.81. The van der Waals surface area contributed by atoms with Crippen LogP contribution in [-0.2, 0) is 0 Å². The van der Waals surface area contributed by atoms with E-state index in [0.717, 1.165) is 17.8 Å². The van der Waals surface area contributed by atoms with Crippen LogP contribution in [0.5, 0.6) is 0 Å². The molecule has 0 aromatic heterocycles. The van der Waals surface area contributed by atoms with Crippen LogP contribution in [0.15, 0.2) is 11.6 Å². The van der Waals surface area contributed by atoms with Crippen molar-refractivity contribution in [1.29, 1.82) is 0 Å². The highest BCUT2D eigenvalue weighted by molar-refractivity contribution is 5.18. The van der Waals surface area contributed by atoms with Crippen LogP contribution in [0.3, 0.4) is 0 Å². The van der Waals surface area contributed by atoms with E-state index in [0.29, 0.717) is 0 Å². The minimum Gasteiger partial charge on any atom is -0.316 e. The summed E-state index contributed by atoms with van der Waals surface area (Å²) in [4.78, 5) is 0. The van der Waals surface area contributed by atoms with E-state index in [1.807, 2.05) is 0 Å². The van der Waals surface area contributed by atoms with Gasteiger partial charge < -0.3 is 5.32 Å². The maximum absolute atomic E-state index is 3.44. The molecule has 1 heteroatoms. The van der Waals surface area contributed by atoms with Gasteiger partial charge in [-0.15, -0.1) is 0 Å². The second-order valence-corrected chi connectivity index (χ2v) is 4.18. The largest absolute Gasteiger partial charge is 0.316 e. The zero-order chi connectivity index (χ0) is 7.84. The fourth-order valence-electron chi connectivity index (χ4n) is 2.25. The zero-order valence-corrected chi connectivity index (χ0v) is 7.43. The van der Waals surface area contributed by atoms with Gasteiger partial charge >= 0.3 is 0 Å². The monoisotopic (exact) mass is 151 g/mol. The van der Waals surface area contributed by atoms with Crippen LogP contribution in [0, 0.1) is 17.8 Å². The molecule has 1 N–H and O–H groups in total. The summed E-state index contributed by atoms with van der Waals surface area (Å²) in [6.45, 7) is 7.08. The average molecular weight is 151 g/mol. The van der Waals surface area contributed by atoms with Crippen LogP contribution >= 0.6 is 0 Å². The summed E-state index contributed by atoms with van der Waals surface area (Å²) in [6, 6.07) is 0. The Labute approximate surface area is 68.9 Å². The number of allylic oxidation sites excluding steroid dienone is 1. The molecule has 0 amide bonds. The highest BCUT2D eigenvalue weighted by Gasteiger charge is 2.31. The second kappa shape index (κ2) is 2.63. The van der Waals surface area contributed by atoms with Crippen molar-refractivity contribution in [3.63, 3.8) is 0 Å². The first-order chi connectivity index (χ1) is 5.27. The van der Waals surface area contributed by atoms with Crippen molar-refractivity contribution in [1.82, 2.24) is 5.32 Å². The SMILES string of the molecule is CC(C)C1=CC2CNCC2C1. The molecule has 0 aromatic carbocycles. The van der Waals surface area contributed by atoms with Gasteiger partial charge in [-0.3, -0.25) is 0 Å². The van der Waals surface area contributed by atoms with E-state index in [1.165, 1.54) is 19.5 Å². The molecular formula is C10H17N. The Morgan fingerprint density at radius 3 is 2.91 bits per heavy atom. The van der Waals surface area contributed by atoms with E-state index in [-0.39, 0.29) is 0 Å². The fourth-order valence-corrected chi connectivity index (χ4v) is 2.25. The van der Waals surface area contributed by atoms with Gasteiger partial charge in [-0.1, -0.05) is 25.5 Å². The van der Waals surface area contributed by atoms with E-state index in [2.05, 4.69) is 25.2 Å². The van der Waals surface area contributed by atoms with Crippen molar-refractivity contribution in [3.05, 3.63) is 11.6 Å². The van der Waals surface area contributed by atoms with Crippen molar-refractivity contribution in [2.75, 3.05) is 13.1 Å². The average Bonchev–Trinajstić information content (AvgIpc) is 2.40. The van der Waals surface area contributed by atoms with Gasteiger partial charge in [0.15, 0.2) is 0 Å². The fraction of sp³-hybridized carbons (Fsp3) is 0.800. The van der Waals surface area contributed by atoms with Gasteiger partial charge in [-0.25, -0.2) is 0 Å². The molecule has 2 atom stereocenters. The normalized spacial score (nSPS) is 36.1. The smallest absolute Gasteiger partial charge is 0.00176 e. The molecule has 0 bridgehead atoms. The lowest BCUT2D eigenvalue weighted by Gasteiger charge is -2.08. The lowest BCUT2D eigenvalue weighted by atomic mass is 9.97. The Bertz CT molecular complexity index is 181. The Hall–Kier alpha value is -0.300. The quantitative estimate of drug-likeness (QED) is 0.564. The van der Waals surface area contributed by atoms with Gasteiger partial charge in [0, 0.05) is 6.54 Å². The van der Waals surface area contributed by atoms with Crippen molar-refractivity contribution < 1.29 is 0 Å². The molecule has 1 fully saturated rings. The van der Waals surface area contributed by atoms with E-state index < -0.39 is 0 Å². The van der Waals surface area contributed by atoms with E-state index in [9.17, 15) is 0 Å². The van der Waals surface area contributed by atoms with Gasteiger partial charge in [-0.2, -0.15) is 0 Å². The molecule has 0 radical (unpaired) electrons. The Morgan fingerprint density at radius 2 is 2.27 bits per heavy atom. The molecule has 2 unspecified atom stereocenters. The van der Waals surface area contributed by atoms with Crippen LogP contribution in [-0.4, -0.2) is 13.1 Å². The number of rotatable bonds is 1. The third kappa shape index (κ3) is 1.22. The van der Waals surface area contributed by atoms with Crippen LogP contribution in [0.1, 0.15) is 20.3 Å². The maximum Gasteiger partial charge on any atom is 0.00176 e. The van der Waals surface area contributed by atoms with Gasteiger partial charge in [0.25, 0.3) is 0 Å². The van der Waals surface area contributed by atoms with E-state index in [4.69, 9.17) is 0 Å². The lowest BCUT2D eigenvalue weighted by molar-refractivity contribution is 0.518. The highest BCUT2D eigenvalue weighted by atomic mass is 14.9. The molecule has 1 aliphatic carbocycles. The zero-order valence-electron chi connectivity index (χ0n) is 7.43. The molecule has 2 rings (SSSR count). The predicted molar refractivity (Wildman–Crippen MR) is 47.4 cm³/mol. The first-order valence-electron chi connectivity index (χ1n) is 4.68. The van der Waals surface area contributed by atoms with Crippen molar-refractivity contribution in [3.8, 4) is 0 Å². The number of hydrogen-bond donors (Lipinski definition) is 1. The van der Waals surface area contributed by atoms with Crippen LogP contribution in [0.25, 0.3) is 0 Å². The van der Waals surface area contributed by atoms with Gasteiger partial charge in [-0.05, 0) is 30.7 Å². The third-order valence-electron chi connectivity index (χ3n) is 3.06. The Balaban J connectivity index is 2.07. The Kier molecular flexibility index (Phi) is 1.76. The van der Waals surface area contributed by atoms with Crippen molar-refractivity contribution >= 4 is 0 Å². The van der Waals surface area contributed by atoms with Gasteiger partial charge in [0.2, 0.25) is 0 Å². The summed E-state index contributed by atoms with van der Waals surface area (Å²) in [6.07, 6.45) is 3.87. The number of hydrogen-bond acceptors (Lipinski definition) is 1. The molecular weight excluding hydrogens is 134 g/mol. The second-order valence-electron chi connectivity index (χ2n) is 4.18. The van der Waals surface area contributed by atoms with Gasteiger partial charge in [0.1, 0.15) is 0 Å². The van der Waals surface area contributed by atoms with Crippen molar-refractivity contribution in [2.45, 2.75) is 20.3 Å². The maximum atomic E-state index is 3.44. The minimum atomic E-state index is 0.778. The van der Waals surface area contributed by atoms with Gasteiger partial charge in [0.05, 0.1) is 0 Å². The van der Waals surface area contributed by atoms with E-state index in [1.54, 1.807) is 5.57 Å². The summed E-state index contributed by atoms with van der Waals surface area (Å²) in [5, 5.41) is 3.44. The highest BCUT2D eigenvalue weighted by Crippen LogP contribution is 2.36. The summed E-state index contributed by atoms with van der Waals surface area (Å²) in [5.41, 5.74) is 1.70. The molecule has 1 aliphatic heterocycles. The topological polar surface area (TPSA) is 12.0 Å². The summed E-state index contributed by atoms with van der Waals surface area (Å²) in [5.74, 6) is 2.58. The summed E-state index contributed by atoms with van der Waals surface area (Å²) < 4.78 is 0. The van der Waals surface area contributed by atoms with Crippen molar-refractivity contribution in [2.24, 2.45) is 17.8 Å². The number of nitrogens with one attached hydrogen (secondary N) is 1. The molecule has 1 nitrogen and oxygen atoms in total. The lowest BCUT2D eigenvalue weighted by Crippen LogP contribution is -2.10.